The number of hydrogen-bond donors (Lipinski definition) is 1. The normalized spacial score (nSPS) is 17.1. The van der Waals surface area contributed by atoms with E-state index < -0.39 is 5.60 Å². The van der Waals surface area contributed by atoms with Crippen molar-refractivity contribution in [3.8, 4) is 0 Å². The van der Waals surface area contributed by atoms with E-state index in [2.05, 4.69) is 12.2 Å². The van der Waals surface area contributed by atoms with Crippen LogP contribution in [-0.2, 0) is 26.2 Å². The minimum Gasteiger partial charge on any atom is -0.386 e. The zero-order chi connectivity index (χ0) is 7.78. The maximum atomic E-state index is 9.59. The van der Waals surface area contributed by atoms with Crippen molar-refractivity contribution in [2.24, 2.45) is 0 Å². The molecule has 0 spiro atoms. The van der Waals surface area contributed by atoms with Gasteiger partial charge in [-0.2, -0.15) is 0 Å². The van der Waals surface area contributed by atoms with E-state index in [0.717, 1.165) is 12.0 Å². The molecule has 2 heteroatoms. The van der Waals surface area contributed by atoms with Gasteiger partial charge in [-0.15, -0.1) is 0 Å². The van der Waals surface area contributed by atoms with Gasteiger partial charge < -0.3 is 5.11 Å². The molecule has 0 aromatic carbocycles. The second kappa shape index (κ2) is 3.82. The van der Waals surface area contributed by atoms with Gasteiger partial charge >= 0.3 is 0 Å². The van der Waals surface area contributed by atoms with Gasteiger partial charge in [0, 0.05) is 26.2 Å². The van der Waals surface area contributed by atoms with E-state index in [1.165, 1.54) is 5.57 Å². The van der Waals surface area contributed by atoms with Gasteiger partial charge in [-0.05, 0) is 38.3 Å². The SMILES string of the molecule is CC1=C(C(C)(C)O)CC=C1.[Zr]. The molecule has 0 aromatic rings. The molecule has 1 aliphatic rings. The Hall–Kier alpha value is 0.323. The van der Waals surface area contributed by atoms with Crippen molar-refractivity contribution in [2.45, 2.75) is 32.8 Å². The third-order valence-electron chi connectivity index (χ3n) is 1.90. The summed E-state index contributed by atoms with van der Waals surface area (Å²) in [5, 5.41) is 9.59. The van der Waals surface area contributed by atoms with Crippen LogP contribution in [0.3, 0.4) is 0 Å². The Morgan fingerprint density at radius 1 is 1.45 bits per heavy atom. The second-order valence-corrected chi connectivity index (χ2v) is 3.33. The van der Waals surface area contributed by atoms with Crippen molar-refractivity contribution < 1.29 is 31.3 Å². The summed E-state index contributed by atoms with van der Waals surface area (Å²) >= 11 is 0. The molecular formula is C9H14OZr. The van der Waals surface area contributed by atoms with Crippen molar-refractivity contribution >= 4 is 0 Å². The van der Waals surface area contributed by atoms with Crippen LogP contribution in [0.5, 0.6) is 0 Å². The van der Waals surface area contributed by atoms with Gasteiger partial charge in [0.15, 0.2) is 0 Å². The molecule has 1 rings (SSSR count). The molecule has 0 aliphatic heterocycles. The Kier molecular flexibility index (Phi) is 3.93. The number of rotatable bonds is 1. The van der Waals surface area contributed by atoms with Crippen molar-refractivity contribution in [3.63, 3.8) is 0 Å². The quantitative estimate of drug-likeness (QED) is 0.729. The predicted octanol–water partition coefficient (Wildman–Crippen LogP) is 2.03. The van der Waals surface area contributed by atoms with Crippen LogP contribution in [0.1, 0.15) is 27.2 Å². The minimum atomic E-state index is -0.631. The topological polar surface area (TPSA) is 20.2 Å². The summed E-state index contributed by atoms with van der Waals surface area (Å²) in [4.78, 5) is 0. The molecule has 0 bridgehead atoms. The van der Waals surface area contributed by atoms with Crippen LogP contribution in [0, 0.1) is 0 Å². The summed E-state index contributed by atoms with van der Waals surface area (Å²) in [6.07, 6.45) is 5.06. The van der Waals surface area contributed by atoms with Gasteiger partial charge in [0.2, 0.25) is 0 Å². The largest absolute Gasteiger partial charge is 0.386 e. The van der Waals surface area contributed by atoms with E-state index >= 15 is 0 Å². The van der Waals surface area contributed by atoms with E-state index in [1.807, 2.05) is 20.8 Å². The van der Waals surface area contributed by atoms with Gasteiger partial charge in [-0.1, -0.05) is 12.2 Å². The average Bonchev–Trinajstić information content (AvgIpc) is 2.11. The first-order valence-electron chi connectivity index (χ1n) is 3.61. The predicted molar refractivity (Wildman–Crippen MR) is 42.8 cm³/mol. The summed E-state index contributed by atoms with van der Waals surface area (Å²) in [6.45, 7) is 5.70. The third-order valence-corrected chi connectivity index (χ3v) is 1.90. The monoisotopic (exact) mass is 228 g/mol. The molecule has 60 valence electrons. The maximum absolute atomic E-state index is 9.59. The van der Waals surface area contributed by atoms with Gasteiger partial charge in [-0.25, -0.2) is 0 Å². The van der Waals surface area contributed by atoms with E-state index in [0.29, 0.717) is 0 Å². The molecule has 0 saturated heterocycles. The van der Waals surface area contributed by atoms with Crippen molar-refractivity contribution in [1.82, 2.24) is 0 Å². The first-order chi connectivity index (χ1) is 4.52. The molecule has 0 aromatic heterocycles. The smallest absolute Gasteiger partial charge is 0.0809 e. The van der Waals surface area contributed by atoms with Crippen LogP contribution in [0.25, 0.3) is 0 Å². The van der Waals surface area contributed by atoms with Crippen molar-refractivity contribution in [2.75, 3.05) is 0 Å². The van der Waals surface area contributed by atoms with Gasteiger partial charge in [0.05, 0.1) is 5.60 Å². The Labute approximate surface area is 87.3 Å². The summed E-state index contributed by atoms with van der Waals surface area (Å²) in [6, 6.07) is 0. The molecule has 1 N–H and O–H groups in total. The second-order valence-electron chi connectivity index (χ2n) is 3.33. The fourth-order valence-corrected chi connectivity index (χ4v) is 1.35. The van der Waals surface area contributed by atoms with Crippen molar-refractivity contribution in [1.29, 1.82) is 0 Å². The Bertz CT molecular complexity index is 196. The van der Waals surface area contributed by atoms with Gasteiger partial charge in [0.25, 0.3) is 0 Å². The summed E-state index contributed by atoms with van der Waals surface area (Å²) in [5.41, 5.74) is 1.73. The van der Waals surface area contributed by atoms with Crippen LogP contribution < -0.4 is 0 Å². The van der Waals surface area contributed by atoms with E-state index in [1.54, 1.807) is 0 Å². The van der Waals surface area contributed by atoms with E-state index in [-0.39, 0.29) is 26.2 Å². The minimum absolute atomic E-state index is 0. The van der Waals surface area contributed by atoms with Crippen molar-refractivity contribution in [3.05, 3.63) is 23.3 Å². The molecule has 0 saturated carbocycles. The standard InChI is InChI=1S/C9H14O.Zr/c1-7-5-4-6-8(7)9(2,3)10;/h4-5,10H,6H2,1-3H3;. The number of allylic oxidation sites excluding steroid dienone is 3. The molecule has 0 amide bonds. The molecule has 0 unspecified atom stereocenters. The average molecular weight is 229 g/mol. The van der Waals surface area contributed by atoms with Gasteiger partial charge in [-0.3, -0.25) is 0 Å². The molecule has 0 radical (unpaired) electrons. The zero-order valence-corrected chi connectivity index (χ0v) is 9.77. The molecule has 0 atom stereocenters. The molecule has 0 heterocycles. The molecule has 0 fully saturated rings. The van der Waals surface area contributed by atoms with E-state index in [9.17, 15) is 5.11 Å². The van der Waals surface area contributed by atoms with Crippen LogP contribution in [0.2, 0.25) is 0 Å². The Balaban J connectivity index is 0.000001000. The fraction of sp³-hybridized carbons (Fsp3) is 0.556. The number of aliphatic hydroxyl groups is 1. The Morgan fingerprint density at radius 3 is 2.18 bits per heavy atom. The zero-order valence-electron chi connectivity index (χ0n) is 7.31. The molecule has 11 heavy (non-hydrogen) atoms. The van der Waals surface area contributed by atoms with Crippen LogP contribution in [0.15, 0.2) is 23.3 Å². The number of hydrogen-bond acceptors (Lipinski definition) is 1. The molecular weight excluding hydrogens is 215 g/mol. The third kappa shape index (κ3) is 2.68. The first kappa shape index (κ1) is 11.3. The van der Waals surface area contributed by atoms with Gasteiger partial charge in [0.1, 0.15) is 0 Å². The summed E-state index contributed by atoms with van der Waals surface area (Å²) in [5.74, 6) is 0. The van der Waals surface area contributed by atoms with Crippen LogP contribution in [-0.4, -0.2) is 10.7 Å². The molecule has 1 aliphatic carbocycles. The Morgan fingerprint density at radius 2 is 2.00 bits per heavy atom. The molecule has 1 nitrogen and oxygen atoms in total. The summed E-state index contributed by atoms with van der Waals surface area (Å²) < 4.78 is 0. The fourth-order valence-electron chi connectivity index (χ4n) is 1.35. The first-order valence-corrected chi connectivity index (χ1v) is 3.61. The van der Waals surface area contributed by atoms with Crippen LogP contribution in [0.4, 0.5) is 0 Å². The maximum Gasteiger partial charge on any atom is 0.0809 e. The summed E-state index contributed by atoms with van der Waals surface area (Å²) in [7, 11) is 0. The van der Waals surface area contributed by atoms with Crippen LogP contribution >= 0.6 is 0 Å². The van der Waals surface area contributed by atoms with E-state index in [4.69, 9.17) is 0 Å².